The van der Waals surface area contributed by atoms with E-state index in [2.05, 4.69) is 36.5 Å². The molecule has 4 N–H and O–H groups in total. The fraction of sp³-hybridized carbons (Fsp3) is 0.538. The van der Waals surface area contributed by atoms with Gasteiger partial charge in [-0.3, -0.25) is 4.79 Å². The summed E-state index contributed by atoms with van der Waals surface area (Å²) in [5.41, 5.74) is 3.27. The maximum atomic E-state index is 11.8. The molecule has 0 spiro atoms. The van der Waals surface area contributed by atoms with E-state index in [-0.39, 0.29) is 5.91 Å². The summed E-state index contributed by atoms with van der Waals surface area (Å²) >= 11 is 0. The smallest absolute Gasteiger partial charge is 0.252 e. The summed E-state index contributed by atoms with van der Waals surface area (Å²) in [6, 6.07) is 3.37. The number of nitrogens with two attached hydrogens (primary N) is 1. The lowest BCUT2D eigenvalue weighted by atomic mass is 9.91. The number of hydrogen-bond acceptors (Lipinski definition) is 4. The van der Waals surface area contributed by atoms with E-state index in [0.29, 0.717) is 23.3 Å². The first-order valence-corrected chi connectivity index (χ1v) is 6.13. The lowest BCUT2D eigenvalue weighted by molar-refractivity contribution is 0.0951. The second kappa shape index (κ2) is 6.35. The minimum atomic E-state index is -0.0972. The molecule has 0 saturated carbocycles. The van der Waals surface area contributed by atoms with Gasteiger partial charge < -0.3 is 10.7 Å². The number of rotatable bonds is 5. The summed E-state index contributed by atoms with van der Waals surface area (Å²) in [6.07, 6.45) is 3.57. The molecule has 0 aliphatic rings. The number of nitrogen functional groups attached to an aromatic ring is 1. The van der Waals surface area contributed by atoms with Gasteiger partial charge in [0.1, 0.15) is 5.82 Å². The number of nitrogens with zero attached hydrogens (tertiary/aromatic N) is 1. The maximum Gasteiger partial charge on any atom is 0.252 e. The van der Waals surface area contributed by atoms with E-state index in [0.717, 1.165) is 12.8 Å². The van der Waals surface area contributed by atoms with Crippen molar-refractivity contribution in [3.8, 4) is 0 Å². The van der Waals surface area contributed by atoms with Crippen LogP contribution in [0, 0.1) is 5.41 Å². The third-order valence-electron chi connectivity index (χ3n) is 2.56. The molecule has 1 amide bonds. The molecule has 0 bridgehead atoms. The van der Waals surface area contributed by atoms with Crippen LogP contribution in [0.25, 0.3) is 0 Å². The van der Waals surface area contributed by atoms with Gasteiger partial charge >= 0.3 is 0 Å². The van der Waals surface area contributed by atoms with Gasteiger partial charge in [-0.05, 0) is 30.4 Å². The van der Waals surface area contributed by atoms with Crippen molar-refractivity contribution in [1.82, 2.24) is 10.3 Å². The van der Waals surface area contributed by atoms with Crippen molar-refractivity contribution in [3.05, 3.63) is 23.9 Å². The molecule has 0 aliphatic heterocycles. The Morgan fingerprint density at radius 1 is 1.39 bits per heavy atom. The average Bonchev–Trinajstić information content (AvgIpc) is 2.33. The number of anilines is 1. The first-order valence-electron chi connectivity index (χ1n) is 6.13. The average molecular weight is 250 g/mol. The monoisotopic (exact) mass is 250 g/mol. The van der Waals surface area contributed by atoms with Crippen LogP contribution in [-0.2, 0) is 0 Å². The van der Waals surface area contributed by atoms with Crippen LogP contribution in [0.2, 0.25) is 0 Å². The highest BCUT2D eigenvalue weighted by atomic mass is 16.1. The van der Waals surface area contributed by atoms with Crippen molar-refractivity contribution in [1.29, 1.82) is 0 Å². The zero-order valence-corrected chi connectivity index (χ0v) is 11.3. The van der Waals surface area contributed by atoms with Gasteiger partial charge in [-0.15, -0.1) is 0 Å². The van der Waals surface area contributed by atoms with E-state index < -0.39 is 0 Å². The SMILES string of the molecule is CC(C)(C)CCCNC(=O)c1ccc(NN)nc1. The second-order valence-corrected chi connectivity index (χ2v) is 5.50. The van der Waals surface area contributed by atoms with Crippen LogP contribution in [0.15, 0.2) is 18.3 Å². The van der Waals surface area contributed by atoms with Gasteiger partial charge in [0, 0.05) is 12.7 Å². The number of hydrogen-bond donors (Lipinski definition) is 3. The summed E-state index contributed by atoms with van der Waals surface area (Å²) in [5.74, 6) is 5.65. The van der Waals surface area contributed by atoms with Crippen molar-refractivity contribution in [2.24, 2.45) is 11.3 Å². The minimum Gasteiger partial charge on any atom is -0.352 e. The molecule has 1 aromatic rings. The Bertz CT molecular complexity index is 381. The number of amides is 1. The minimum absolute atomic E-state index is 0.0972. The molecule has 0 aliphatic carbocycles. The molecular weight excluding hydrogens is 228 g/mol. The van der Waals surface area contributed by atoms with Gasteiger partial charge in [-0.25, -0.2) is 10.8 Å². The van der Waals surface area contributed by atoms with Gasteiger partial charge in [0.15, 0.2) is 0 Å². The molecule has 1 rings (SSSR count). The molecule has 0 fully saturated rings. The lowest BCUT2D eigenvalue weighted by Gasteiger charge is -2.17. The van der Waals surface area contributed by atoms with E-state index in [1.54, 1.807) is 12.1 Å². The Hall–Kier alpha value is -1.62. The largest absolute Gasteiger partial charge is 0.352 e. The molecule has 0 radical (unpaired) electrons. The molecule has 0 aromatic carbocycles. The third-order valence-corrected chi connectivity index (χ3v) is 2.56. The quantitative estimate of drug-likeness (QED) is 0.424. The van der Waals surface area contributed by atoms with Crippen molar-refractivity contribution >= 4 is 11.7 Å². The Labute approximate surface area is 108 Å². The highest BCUT2D eigenvalue weighted by Crippen LogP contribution is 2.19. The van der Waals surface area contributed by atoms with E-state index in [1.165, 1.54) is 6.20 Å². The molecule has 0 saturated heterocycles. The summed E-state index contributed by atoms with van der Waals surface area (Å²) in [6.45, 7) is 7.26. The second-order valence-electron chi connectivity index (χ2n) is 5.50. The van der Waals surface area contributed by atoms with Crippen LogP contribution in [0.1, 0.15) is 44.0 Å². The van der Waals surface area contributed by atoms with Crippen LogP contribution in [-0.4, -0.2) is 17.4 Å². The van der Waals surface area contributed by atoms with E-state index >= 15 is 0 Å². The number of nitrogens with one attached hydrogen (secondary N) is 2. The fourth-order valence-corrected chi connectivity index (χ4v) is 1.54. The Morgan fingerprint density at radius 3 is 2.61 bits per heavy atom. The number of hydrazine groups is 1. The van der Waals surface area contributed by atoms with Crippen LogP contribution in [0.4, 0.5) is 5.82 Å². The molecule has 1 aromatic heterocycles. The molecule has 0 atom stereocenters. The summed E-state index contributed by atoms with van der Waals surface area (Å²) < 4.78 is 0. The van der Waals surface area contributed by atoms with Crippen molar-refractivity contribution < 1.29 is 4.79 Å². The van der Waals surface area contributed by atoms with E-state index in [1.807, 2.05) is 0 Å². The number of aromatic nitrogens is 1. The molecule has 5 nitrogen and oxygen atoms in total. The van der Waals surface area contributed by atoms with Crippen LogP contribution in [0.3, 0.4) is 0 Å². The number of carbonyl (C=O) groups excluding carboxylic acids is 1. The lowest BCUT2D eigenvalue weighted by Crippen LogP contribution is -2.25. The highest BCUT2D eigenvalue weighted by Gasteiger charge is 2.10. The summed E-state index contributed by atoms with van der Waals surface area (Å²) in [4.78, 5) is 15.8. The van der Waals surface area contributed by atoms with Crippen LogP contribution >= 0.6 is 0 Å². The normalized spacial score (nSPS) is 11.1. The molecule has 1 heterocycles. The number of pyridine rings is 1. The summed E-state index contributed by atoms with van der Waals surface area (Å²) in [7, 11) is 0. The molecule has 100 valence electrons. The van der Waals surface area contributed by atoms with Crippen molar-refractivity contribution in [3.63, 3.8) is 0 Å². The fourth-order valence-electron chi connectivity index (χ4n) is 1.54. The van der Waals surface area contributed by atoms with Gasteiger partial charge in [0.25, 0.3) is 5.91 Å². The zero-order valence-electron chi connectivity index (χ0n) is 11.3. The van der Waals surface area contributed by atoms with Gasteiger partial charge in [-0.2, -0.15) is 0 Å². The van der Waals surface area contributed by atoms with E-state index in [4.69, 9.17) is 5.84 Å². The first kappa shape index (κ1) is 14.4. The molecule has 0 unspecified atom stereocenters. The first-order chi connectivity index (χ1) is 8.42. The molecular formula is C13H22N4O. The predicted molar refractivity (Wildman–Crippen MR) is 73.1 cm³/mol. The van der Waals surface area contributed by atoms with Gasteiger partial charge in [-0.1, -0.05) is 20.8 Å². The maximum absolute atomic E-state index is 11.8. The summed E-state index contributed by atoms with van der Waals surface area (Å²) in [5, 5.41) is 2.88. The van der Waals surface area contributed by atoms with E-state index in [9.17, 15) is 4.79 Å². The standard InChI is InChI=1S/C13H22N4O/c1-13(2,3)7-4-8-15-12(18)10-5-6-11(17-14)16-9-10/h5-6,9H,4,7-8,14H2,1-3H3,(H,15,18)(H,16,17). The molecule has 18 heavy (non-hydrogen) atoms. The predicted octanol–water partition coefficient (Wildman–Crippen LogP) is 1.92. The number of carbonyl (C=O) groups is 1. The van der Waals surface area contributed by atoms with Crippen LogP contribution < -0.4 is 16.6 Å². The Morgan fingerprint density at radius 2 is 2.11 bits per heavy atom. The Balaban J connectivity index is 2.36. The molecule has 5 heteroatoms. The van der Waals surface area contributed by atoms with Gasteiger partial charge in [0.05, 0.1) is 5.56 Å². The topological polar surface area (TPSA) is 80.0 Å². The van der Waals surface area contributed by atoms with Gasteiger partial charge in [0.2, 0.25) is 0 Å². The highest BCUT2D eigenvalue weighted by molar-refractivity contribution is 5.93. The van der Waals surface area contributed by atoms with Crippen LogP contribution in [0.5, 0.6) is 0 Å². The zero-order chi connectivity index (χ0) is 13.6. The van der Waals surface area contributed by atoms with Crippen molar-refractivity contribution in [2.75, 3.05) is 12.0 Å². The van der Waals surface area contributed by atoms with Crippen molar-refractivity contribution in [2.45, 2.75) is 33.6 Å². The Kier molecular flexibility index (Phi) is 5.09. The third kappa shape index (κ3) is 5.14.